The van der Waals surface area contributed by atoms with Gasteiger partial charge in [-0.25, -0.2) is 4.98 Å². The minimum absolute atomic E-state index is 0.0338. The van der Waals surface area contributed by atoms with Crippen LogP contribution >= 0.6 is 15.9 Å². The van der Waals surface area contributed by atoms with E-state index in [-0.39, 0.29) is 5.56 Å². The van der Waals surface area contributed by atoms with Crippen LogP contribution in [-0.2, 0) is 11.3 Å². The Labute approximate surface area is 122 Å². The Morgan fingerprint density at radius 2 is 2.21 bits per heavy atom. The van der Waals surface area contributed by atoms with Crippen LogP contribution in [0.25, 0.3) is 0 Å². The highest BCUT2D eigenvalue weighted by atomic mass is 79.9. The summed E-state index contributed by atoms with van der Waals surface area (Å²) in [6.07, 6.45) is 3.85. The van der Waals surface area contributed by atoms with Crippen LogP contribution in [0.15, 0.2) is 15.6 Å². The summed E-state index contributed by atoms with van der Waals surface area (Å²) in [5.74, 6) is 0. The molecule has 0 fully saturated rings. The van der Waals surface area contributed by atoms with Gasteiger partial charge in [-0.15, -0.1) is 0 Å². The van der Waals surface area contributed by atoms with Gasteiger partial charge in [0, 0.05) is 26.2 Å². The molecule has 0 aromatic carbocycles. The van der Waals surface area contributed by atoms with E-state index in [2.05, 4.69) is 33.2 Å². The fourth-order valence-electron chi connectivity index (χ4n) is 1.52. The Bertz CT molecular complexity index is 434. The first-order valence-corrected chi connectivity index (χ1v) is 7.46. The molecule has 0 atom stereocenters. The van der Waals surface area contributed by atoms with Crippen LogP contribution in [0.2, 0.25) is 0 Å². The normalized spacial score (nSPS) is 10.9. The number of aryl methyl sites for hydroxylation is 1. The van der Waals surface area contributed by atoms with Crippen molar-refractivity contribution >= 4 is 15.9 Å². The Hall–Kier alpha value is -0.720. The molecule has 108 valence electrons. The summed E-state index contributed by atoms with van der Waals surface area (Å²) in [4.78, 5) is 16.0. The number of halogens is 1. The number of hydrogen-bond donors (Lipinski definition) is 1. The van der Waals surface area contributed by atoms with Crippen molar-refractivity contribution in [2.24, 2.45) is 0 Å². The molecule has 0 saturated carbocycles. The van der Waals surface area contributed by atoms with Gasteiger partial charge < -0.3 is 10.1 Å². The van der Waals surface area contributed by atoms with Gasteiger partial charge in [-0.05, 0) is 29.3 Å². The van der Waals surface area contributed by atoms with Crippen LogP contribution < -0.4 is 10.9 Å². The minimum atomic E-state index is -0.0338. The van der Waals surface area contributed by atoms with Crippen molar-refractivity contribution in [1.82, 2.24) is 14.9 Å². The first-order chi connectivity index (χ1) is 9.16. The van der Waals surface area contributed by atoms with Gasteiger partial charge in [0.05, 0.1) is 18.6 Å². The average molecular weight is 332 g/mol. The van der Waals surface area contributed by atoms with E-state index in [1.54, 1.807) is 10.9 Å². The number of nitrogens with zero attached hydrogens (tertiary/aromatic N) is 2. The first-order valence-electron chi connectivity index (χ1n) is 6.66. The van der Waals surface area contributed by atoms with E-state index in [9.17, 15) is 4.79 Å². The summed E-state index contributed by atoms with van der Waals surface area (Å²) in [6.45, 7) is 7.64. The molecule has 0 spiro atoms. The minimum Gasteiger partial charge on any atom is -0.380 e. The van der Waals surface area contributed by atoms with E-state index in [0.29, 0.717) is 17.6 Å². The Kier molecular flexibility index (Phi) is 7.93. The molecule has 1 aromatic heterocycles. The van der Waals surface area contributed by atoms with Crippen molar-refractivity contribution in [2.45, 2.75) is 33.2 Å². The van der Waals surface area contributed by atoms with Crippen LogP contribution in [0.1, 0.15) is 25.5 Å². The molecule has 0 saturated heterocycles. The van der Waals surface area contributed by atoms with Gasteiger partial charge in [-0.2, -0.15) is 0 Å². The van der Waals surface area contributed by atoms with E-state index in [0.717, 1.165) is 38.2 Å². The van der Waals surface area contributed by atoms with Gasteiger partial charge in [0.15, 0.2) is 0 Å². The summed E-state index contributed by atoms with van der Waals surface area (Å²) in [5, 5.41) is 3.24. The van der Waals surface area contributed by atoms with Crippen molar-refractivity contribution in [2.75, 3.05) is 26.3 Å². The topological polar surface area (TPSA) is 56.1 Å². The molecule has 1 heterocycles. The van der Waals surface area contributed by atoms with Crippen molar-refractivity contribution < 1.29 is 4.74 Å². The predicted molar refractivity (Wildman–Crippen MR) is 79.5 cm³/mol. The van der Waals surface area contributed by atoms with Gasteiger partial charge >= 0.3 is 0 Å². The molecule has 0 bridgehead atoms. The van der Waals surface area contributed by atoms with Gasteiger partial charge in [0.25, 0.3) is 5.56 Å². The Balaban J connectivity index is 2.20. The van der Waals surface area contributed by atoms with Crippen molar-refractivity contribution in [1.29, 1.82) is 0 Å². The zero-order chi connectivity index (χ0) is 14.1. The number of hydrogen-bond acceptors (Lipinski definition) is 4. The van der Waals surface area contributed by atoms with Crippen molar-refractivity contribution in [3.63, 3.8) is 0 Å². The largest absolute Gasteiger partial charge is 0.380 e. The fraction of sp³-hybridized carbons (Fsp3) is 0.692. The molecule has 6 heteroatoms. The van der Waals surface area contributed by atoms with Crippen molar-refractivity contribution in [3.05, 3.63) is 26.8 Å². The molecule has 0 aliphatic carbocycles. The number of nitrogens with one attached hydrogen (secondary N) is 1. The SMILES string of the molecule is CCCCOCCNCCn1cnc(C)c(Br)c1=O. The van der Waals surface area contributed by atoms with Gasteiger partial charge in [0.1, 0.15) is 4.47 Å². The highest BCUT2D eigenvalue weighted by molar-refractivity contribution is 9.10. The highest BCUT2D eigenvalue weighted by Gasteiger charge is 2.04. The lowest BCUT2D eigenvalue weighted by atomic mass is 10.4. The lowest BCUT2D eigenvalue weighted by molar-refractivity contribution is 0.133. The maximum Gasteiger partial charge on any atom is 0.267 e. The summed E-state index contributed by atoms with van der Waals surface area (Å²) in [6, 6.07) is 0. The van der Waals surface area contributed by atoms with Crippen LogP contribution in [0.4, 0.5) is 0 Å². The van der Waals surface area contributed by atoms with Gasteiger partial charge in [-0.1, -0.05) is 13.3 Å². The third-order valence-electron chi connectivity index (χ3n) is 2.75. The smallest absolute Gasteiger partial charge is 0.267 e. The van der Waals surface area contributed by atoms with Crippen LogP contribution in [0.3, 0.4) is 0 Å². The Morgan fingerprint density at radius 1 is 1.42 bits per heavy atom. The second kappa shape index (κ2) is 9.23. The number of ether oxygens (including phenoxy) is 1. The van der Waals surface area contributed by atoms with E-state index < -0.39 is 0 Å². The quantitative estimate of drug-likeness (QED) is 0.700. The monoisotopic (exact) mass is 331 g/mol. The molecular formula is C13H22BrN3O2. The molecule has 1 rings (SSSR count). The molecule has 0 radical (unpaired) electrons. The summed E-state index contributed by atoms with van der Waals surface area (Å²) in [7, 11) is 0. The summed E-state index contributed by atoms with van der Waals surface area (Å²) in [5.41, 5.74) is 0.687. The number of unbranched alkanes of at least 4 members (excludes halogenated alkanes) is 1. The first kappa shape index (κ1) is 16.3. The van der Waals surface area contributed by atoms with E-state index in [1.807, 2.05) is 6.92 Å². The van der Waals surface area contributed by atoms with Crippen molar-refractivity contribution in [3.8, 4) is 0 Å². The summed E-state index contributed by atoms with van der Waals surface area (Å²) < 4.78 is 7.57. The Morgan fingerprint density at radius 3 is 2.95 bits per heavy atom. The molecule has 0 aliphatic heterocycles. The van der Waals surface area contributed by atoms with E-state index in [4.69, 9.17) is 4.74 Å². The second-order valence-electron chi connectivity index (χ2n) is 4.36. The predicted octanol–water partition coefficient (Wildman–Crippen LogP) is 1.72. The summed E-state index contributed by atoms with van der Waals surface area (Å²) >= 11 is 3.25. The molecule has 1 aromatic rings. The molecule has 1 N–H and O–H groups in total. The maximum atomic E-state index is 11.9. The van der Waals surface area contributed by atoms with E-state index in [1.165, 1.54) is 0 Å². The van der Waals surface area contributed by atoms with Gasteiger partial charge in [-0.3, -0.25) is 9.36 Å². The lowest BCUT2D eigenvalue weighted by Gasteiger charge is -2.08. The number of aromatic nitrogens is 2. The standard InChI is InChI=1S/C13H22BrN3O2/c1-3-4-8-19-9-6-15-5-7-17-10-16-11(2)12(14)13(17)18/h10,15H,3-9H2,1-2H3. The lowest BCUT2D eigenvalue weighted by Crippen LogP contribution is -2.29. The third kappa shape index (κ3) is 5.84. The van der Waals surface area contributed by atoms with Crippen LogP contribution in [-0.4, -0.2) is 35.9 Å². The molecule has 5 nitrogen and oxygen atoms in total. The fourth-order valence-corrected chi connectivity index (χ4v) is 1.85. The van der Waals surface area contributed by atoms with E-state index >= 15 is 0 Å². The average Bonchev–Trinajstić information content (AvgIpc) is 2.41. The maximum absolute atomic E-state index is 11.9. The second-order valence-corrected chi connectivity index (χ2v) is 5.15. The van der Waals surface area contributed by atoms with Gasteiger partial charge in [0.2, 0.25) is 0 Å². The molecular weight excluding hydrogens is 310 g/mol. The zero-order valence-corrected chi connectivity index (χ0v) is 13.2. The zero-order valence-electron chi connectivity index (χ0n) is 11.6. The third-order valence-corrected chi connectivity index (χ3v) is 3.66. The number of rotatable bonds is 9. The van der Waals surface area contributed by atoms with Crippen LogP contribution in [0, 0.1) is 6.92 Å². The molecule has 0 amide bonds. The molecule has 19 heavy (non-hydrogen) atoms. The highest BCUT2D eigenvalue weighted by Crippen LogP contribution is 2.05. The van der Waals surface area contributed by atoms with Crippen LogP contribution in [0.5, 0.6) is 0 Å². The molecule has 0 unspecified atom stereocenters. The molecule has 0 aliphatic rings.